The summed E-state index contributed by atoms with van der Waals surface area (Å²) in [5.74, 6) is 2.53. The lowest BCUT2D eigenvalue weighted by molar-refractivity contribution is 0.715. The molecule has 2 N–H and O–H groups in total. The molecular weight excluding hydrogens is 462 g/mol. The average molecular weight is 484 g/mol. The van der Waals surface area contributed by atoms with Crippen molar-refractivity contribution in [3.8, 4) is 23.6 Å². The second-order valence-corrected chi connectivity index (χ2v) is 8.18. The third kappa shape index (κ3) is 5.27. The first-order valence-electron chi connectivity index (χ1n) is 10.6. The van der Waals surface area contributed by atoms with Crippen LogP contribution in [0, 0.1) is 12.3 Å². The third-order valence-electron chi connectivity index (χ3n) is 5.42. The van der Waals surface area contributed by atoms with E-state index in [9.17, 15) is 4.79 Å². The minimum Gasteiger partial charge on any atom is -0.319 e. The number of rotatable bonds is 3. The van der Waals surface area contributed by atoms with Crippen LogP contribution in [0.1, 0.15) is 23.0 Å². The van der Waals surface area contributed by atoms with Gasteiger partial charge in [0.25, 0.3) is 5.56 Å². The van der Waals surface area contributed by atoms with Gasteiger partial charge in [-0.25, -0.2) is 4.98 Å². The summed E-state index contributed by atoms with van der Waals surface area (Å²) in [6, 6.07) is 15.7. The third-order valence-corrected chi connectivity index (χ3v) is 5.67. The lowest BCUT2D eigenvalue weighted by atomic mass is 10.0. The summed E-state index contributed by atoms with van der Waals surface area (Å²) in [4.78, 5) is 21.5. The molecule has 0 aliphatic carbocycles. The van der Waals surface area contributed by atoms with Crippen molar-refractivity contribution in [2.45, 2.75) is 6.04 Å². The predicted molar refractivity (Wildman–Crippen MR) is 137 cm³/mol. The molecule has 0 spiro atoms. The second kappa shape index (κ2) is 10.3. The lowest BCUT2D eigenvalue weighted by Crippen LogP contribution is -2.18. The van der Waals surface area contributed by atoms with Gasteiger partial charge in [0.1, 0.15) is 5.69 Å². The summed E-state index contributed by atoms with van der Waals surface area (Å²) < 4.78 is 3.19. The first-order chi connectivity index (χ1) is 16.9. The summed E-state index contributed by atoms with van der Waals surface area (Å²) in [7, 11) is 3.53. The molecule has 4 heterocycles. The molecule has 8 nitrogen and oxygen atoms in total. The zero-order valence-corrected chi connectivity index (χ0v) is 19.9. The molecule has 0 bridgehead atoms. The van der Waals surface area contributed by atoms with Crippen LogP contribution in [-0.2, 0) is 14.1 Å². The summed E-state index contributed by atoms with van der Waals surface area (Å²) in [5.41, 5.74) is 10.4. The second-order valence-electron chi connectivity index (χ2n) is 7.74. The average Bonchev–Trinajstić information content (AvgIpc) is 3.37. The van der Waals surface area contributed by atoms with E-state index >= 15 is 0 Å². The molecule has 0 radical (unpaired) electrons. The van der Waals surface area contributed by atoms with E-state index < -0.39 is 6.04 Å². The van der Waals surface area contributed by atoms with Crippen molar-refractivity contribution < 1.29 is 0 Å². The molecule has 0 aliphatic rings. The van der Waals surface area contributed by atoms with Gasteiger partial charge in [0.05, 0.1) is 35.3 Å². The van der Waals surface area contributed by atoms with Crippen molar-refractivity contribution >= 4 is 22.5 Å². The fourth-order valence-electron chi connectivity index (χ4n) is 3.52. The summed E-state index contributed by atoms with van der Waals surface area (Å²) >= 11 is 5.98. The number of aromatic nitrogens is 6. The van der Waals surface area contributed by atoms with Crippen molar-refractivity contribution in [2.75, 3.05) is 0 Å². The zero-order valence-electron chi connectivity index (χ0n) is 19.1. The first kappa shape index (κ1) is 23.8. The molecule has 0 fully saturated rings. The van der Waals surface area contributed by atoms with Gasteiger partial charge in [0.15, 0.2) is 0 Å². The fourth-order valence-corrected chi connectivity index (χ4v) is 3.65. The number of fused-ring (bicyclic) bond motifs is 1. The van der Waals surface area contributed by atoms with Gasteiger partial charge in [0.2, 0.25) is 0 Å². The molecule has 1 unspecified atom stereocenters. The quantitative estimate of drug-likeness (QED) is 0.394. The normalized spacial score (nSPS) is 11.4. The summed E-state index contributed by atoms with van der Waals surface area (Å²) in [6.45, 7) is 0. The van der Waals surface area contributed by atoms with E-state index in [1.165, 1.54) is 0 Å². The van der Waals surface area contributed by atoms with E-state index in [-0.39, 0.29) is 5.56 Å². The highest BCUT2D eigenvalue weighted by Crippen LogP contribution is 2.28. The van der Waals surface area contributed by atoms with Gasteiger partial charge in [0, 0.05) is 42.3 Å². The Morgan fingerprint density at radius 3 is 2.51 bits per heavy atom. The van der Waals surface area contributed by atoms with Crippen molar-refractivity contribution in [3.05, 3.63) is 106 Å². The fraction of sp³-hybridized carbons (Fsp3) is 0.115. The van der Waals surface area contributed by atoms with Crippen molar-refractivity contribution in [2.24, 2.45) is 19.8 Å². The van der Waals surface area contributed by atoms with Gasteiger partial charge >= 0.3 is 0 Å². The molecular formula is C26H22ClN7O. The number of benzene rings is 1. The van der Waals surface area contributed by atoms with E-state index in [0.717, 1.165) is 10.9 Å². The Labute approximate surface area is 207 Å². The zero-order chi connectivity index (χ0) is 24.9. The van der Waals surface area contributed by atoms with Gasteiger partial charge in [-0.05, 0) is 35.9 Å². The van der Waals surface area contributed by atoms with Crippen molar-refractivity contribution in [1.29, 1.82) is 0 Å². The largest absolute Gasteiger partial charge is 0.319 e. The Kier molecular flexibility index (Phi) is 7.01. The van der Waals surface area contributed by atoms with E-state index in [1.54, 1.807) is 59.2 Å². The van der Waals surface area contributed by atoms with Gasteiger partial charge in [-0.2, -0.15) is 0 Å². The summed E-state index contributed by atoms with van der Waals surface area (Å²) in [6.07, 6.45) is 10.6. The maximum absolute atomic E-state index is 12.5. The monoisotopic (exact) mass is 483 g/mol. The van der Waals surface area contributed by atoms with Gasteiger partial charge in [-0.1, -0.05) is 40.9 Å². The highest BCUT2D eigenvalue weighted by atomic mass is 35.5. The minimum absolute atomic E-state index is 0.156. The van der Waals surface area contributed by atoms with Crippen LogP contribution in [-0.4, -0.2) is 29.5 Å². The molecule has 9 heteroatoms. The standard InChI is InChI=1S/C23H17ClN4O.C3H5N3/c1-3-16-5-4-6-19(27-16)17-12-22(29)28(2)21-13-26-20(11-18(17)21)23(25)14-7-9-15(24)10-8-14;1-6-3-2-4-5-6/h1,4-13,23H,25H2,2H3;2-3H,1H3. The maximum atomic E-state index is 12.5. The Morgan fingerprint density at radius 1 is 1.11 bits per heavy atom. The molecule has 0 amide bonds. The van der Waals surface area contributed by atoms with Crippen molar-refractivity contribution in [1.82, 2.24) is 29.5 Å². The van der Waals surface area contributed by atoms with Crippen LogP contribution >= 0.6 is 11.6 Å². The SMILES string of the molecule is C#Cc1cccc(-c2cc(=O)n(C)c3cnc(C(N)c4ccc(Cl)cc4)cc23)n1.Cn1ccnn1. The highest BCUT2D eigenvalue weighted by Gasteiger charge is 2.16. The van der Waals surface area contributed by atoms with Crippen LogP contribution in [0.25, 0.3) is 22.2 Å². The number of pyridine rings is 3. The van der Waals surface area contributed by atoms with E-state index in [2.05, 4.69) is 26.2 Å². The van der Waals surface area contributed by atoms with Crippen molar-refractivity contribution in [3.63, 3.8) is 0 Å². The number of nitrogens with zero attached hydrogens (tertiary/aromatic N) is 6. The Morgan fingerprint density at radius 2 is 1.89 bits per heavy atom. The molecule has 174 valence electrons. The minimum atomic E-state index is -0.438. The highest BCUT2D eigenvalue weighted by molar-refractivity contribution is 6.30. The number of hydrogen-bond donors (Lipinski definition) is 1. The van der Waals surface area contributed by atoms with Gasteiger partial charge < -0.3 is 10.3 Å². The molecule has 0 aliphatic heterocycles. The number of hydrogen-bond acceptors (Lipinski definition) is 6. The van der Waals surface area contributed by atoms with Crippen LogP contribution < -0.4 is 11.3 Å². The van der Waals surface area contributed by atoms with Crippen LogP contribution in [0.5, 0.6) is 0 Å². The van der Waals surface area contributed by atoms with E-state index in [0.29, 0.717) is 33.2 Å². The number of aryl methyl sites for hydroxylation is 2. The molecule has 1 atom stereocenters. The van der Waals surface area contributed by atoms with E-state index in [4.69, 9.17) is 23.8 Å². The molecule has 4 aromatic heterocycles. The first-order valence-corrected chi connectivity index (χ1v) is 11.0. The lowest BCUT2D eigenvalue weighted by Gasteiger charge is -2.15. The van der Waals surface area contributed by atoms with Crippen LogP contribution in [0.3, 0.4) is 0 Å². The molecule has 5 rings (SSSR count). The molecule has 0 saturated heterocycles. The van der Waals surface area contributed by atoms with Gasteiger partial charge in [-0.3, -0.25) is 14.5 Å². The molecule has 5 aromatic rings. The number of terminal acetylenes is 1. The smallest absolute Gasteiger partial charge is 0.251 e. The number of nitrogens with two attached hydrogens (primary N) is 1. The van der Waals surface area contributed by atoms with Crippen LogP contribution in [0.4, 0.5) is 0 Å². The Bertz CT molecular complexity index is 1570. The Hall–Kier alpha value is -4.32. The summed E-state index contributed by atoms with van der Waals surface area (Å²) in [5, 5.41) is 8.58. The van der Waals surface area contributed by atoms with Gasteiger partial charge in [-0.15, -0.1) is 11.5 Å². The maximum Gasteiger partial charge on any atom is 0.251 e. The predicted octanol–water partition coefficient (Wildman–Crippen LogP) is 3.49. The molecule has 0 saturated carbocycles. The Balaban J connectivity index is 0.000000421. The van der Waals surface area contributed by atoms with Crippen LogP contribution in [0.2, 0.25) is 5.02 Å². The topological polar surface area (TPSA) is 105 Å². The van der Waals surface area contributed by atoms with E-state index in [1.807, 2.05) is 37.4 Å². The number of halogens is 1. The molecule has 1 aromatic carbocycles. The van der Waals surface area contributed by atoms with Crippen LogP contribution in [0.15, 0.2) is 78.0 Å². The molecule has 35 heavy (non-hydrogen) atoms.